The highest BCUT2D eigenvalue weighted by molar-refractivity contribution is 7.16. The van der Waals surface area contributed by atoms with E-state index >= 15 is 0 Å². The second-order valence-electron chi connectivity index (χ2n) is 4.82. The zero-order chi connectivity index (χ0) is 12.5. The molecule has 0 saturated carbocycles. The second kappa shape index (κ2) is 4.91. The van der Waals surface area contributed by atoms with Crippen LogP contribution in [0, 0.1) is 0 Å². The quantitative estimate of drug-likeness (QED) is 0.896. The normalized spacial score (nSPS) is 19.4. The molecule has 2 aromatic heterocycles. The van der Waals surface area contributed by atoms with Gasteiger partial charge in [-0.2, -0.15) is 9.61 Å². The van der Waals surface area contributed by atoms with Gasteiger partial charge in [0.1, 0.15) is 5.01 Å². The lowest BCUT2D eigenvalue weighted by Crippen LogP contribution is -2.18. The average molecular weight is 267 g/mol. The van der Waals surface area contributed by atoms with Crippen LogP contribution in [0.4, 0.5) is 0 Å². The van der Waals surface area contributed by atoms with E-state index in [1.807, 2.05) is 11.4 Å². The third-order valence-corrected chi connectivity index (χ3v) is 4.06. The molecule has 0 radical (unpaired) electrons. The van der Waals surface area contributed by atoms with E-state index in [0.29, 0.717) is 5.92 Å². The van der Waals surface area contributed by atoms with E-state index in [9.17, 15) is 0 Å². The highest BCUT2D eigenvalue weighted by Crippen LogP contribution is 2.27. The van der Waals surface area contributed by atoms with Crippen LogP contribution in [0.3, 0.4) is 0 Å². The van der Waals surface area contributed by atoms with Crippen molar-refractivity contribution in [3.8, 4) is 0 Å². The van der Waals surface area contributed by atoms with E-state index in [-0.39, 0.29) is 6.04 Å². The van der Waals surface area contributed by atoms with E-state index in [4.69, 9.17) is 10.5 Å². The molecule has 1 aliphatic rings. The van der Waals surface area contributed by atoms with Crippen molar-refractivity contribution < 1.29 is 4.74 Å². The minimum atomic E-state index is 0.125. The van der Waals surface area contributed by atoms with Crippen molar-refractivity contribution in [2.24, 2.45) is 5.73 Å². The third kappa shape index (κ3) is 2.25. The summed E-state index contributed by atoms with van der Waals surface area (Å²) in [5.41, 5.74) is 5.80. The van der Waals surface area contributed by atoms with Crippen molar-refractivity contribution in [1.29, 1.82) is 0 Å². The lowest BCUT2D eigenvalue weighted by atomic mass is 10.00. The molecule has 0 spiro atoms. The molecule has 1 aliphatic heterocycles. The number of ether oxygens (including phenoxy) is 1. The summed E-state index contributed by atoms with van der Waals surface area (Å²) in [4.78, 5) is 0.868. The Morgan fingerprint density at radius 2 is 2.22 bits per heavy atom. The van der Waals surface area contributed by atoms with Crippen LogP contribution in [0.2, 0.25) is 0 Å². The molecule has 0 bridgehead atoms. The van der Waals surface area contributed by atoms with Crippen LogP contribution < -0.4 is 5.73 Å². The fourth-order valence-corrected chi connectivity index (χ4v) is 3.22. The molecule has 6 nitrogen and oxygen atoms in total. The standard InChI is InChI=1S/C11H17N5OS/c1-7(12)6-9-15-16-10(13-14-11(16)18-9)8-2-4-17-5-3-8/h7-8H,2-6,12H2,1H3. The lowest BCUT2D eigenvalue weighted by Gasteiger charge is -2.19. The largest absolute Gasteiger partial charge is 0.381 e. The number of nitrogens with two attached hydrogens (primary N) is 1. The molecule has 98 valence electrons. The van der Waals surface area contributed by atoms with E-state index in [1.165, 1.54) is 0 Å². The number of rotatable bonds is 3. The maximum atomic E-state index is 5.80. The van der Waals surface area contributed by atoms with Gasteiger partial charge in [0.15, 0.2) is 5.82 Å². The van der Waals surface area contributed by atoms with E-state index < -0.39 is 0 Å². The number of nitrogens with zero attached hydrogens (tertiary/aromatic N) is 4. The molecule has 3 rings (SSSR count). The molecule has 18 heavy (non-hydrogen) atoms. The zero-order valence-electron chi connectivity index (χ0n) is 10.4. The van der Waals surface area contributed by atoms with Gasteiger partial charge in [-0.3, -0.25) is 0 Å². The first kappa shape index (κ1) is 12.0. The summed E-state index contributed by atoms with van der Waals surface area (Å²) in [6, 6.07) is 0.125. The smallest absolute Gasteiger partial charge is 0.234 e. The van der Waals surface area contributed by atoms with Crippen LogP contribution in [0.1, 0.15) is 36.5 Å². The Morgan fingerprint density at radius 1 is 1.44 bits per heavy atom. The number of hydrogen-bond acceptors (Lipinski definition) is 6. The molecule has 1 fully saturated rings. The van der Waals surface area contributed by atoms with Gasteiger partial charge in [0, 0.05) is 31.6 Å². The minimum Gasteiger partial charge on any atom is -0.381 e. The number of aromatic nitrogens is 4. The van der Waals surface area contributed by atoms with Gasteiger partial charge < -0.3 is 10.5 Å². The molecule has 0 amide bonds. The van der Waals surface area contributed by atoms with Crippen molar-refractivity contribution in [3.63, 3.8) is 0 Å². The predicted molar refractivity (Wildman–Crippen MR) is 68.8 cm³/mol. The molecule has 3 heterocycles. The van der Waals surface area contributed by atoms with Crippen LogP contribution >= 0.6 is 11.3 Å². The van der Waals surface area contributed by atoms with Crippen LogP contribution in [0.5, 0.6) is 0 Å². The number of hydrogen-bond donors (Lipinski definition) is 1. The zero-order valence-corrected chi connectivity index (χ0v) is 11.2. The van der Waals surface area contributed by atoms with Crippen molar-refractivity contribution >= 4 is 16.3 Å². The molecule has 2 aromatic rings. The predicted octanol–water partition coefficient (Wildman–Crippen LogP) is 0.969. The summed E-state index contributed by atoms with van der Waals surface area (Å²) in [7, 11) is 0. The third-order valence-electron chi connectivity index (χ3n) is 3.14. The SMILES string of the molecule is CC(N)Cc1nn2c(C3CCOCC3)nnc2s1. The minimum absolute atomic E-state index is 0.125. The van der Waals surface area contributed by atoms with Gasteiger partial charge >= 0.3 is 0 Å². The molecule has 2 N–H and O–H groups in total. The maximum absolute atomic E-state index is 5.80. The van der Waals surface area contributed by atoms with Gasteiger partial charge in [-0.1, -0.05) is 11.3 Å². The molecule has 1 saturated heterocycles. The van der Waals surface area contributed by atoms with Crippen molar-refractivity contribution in [1.82, 2.24) is 19.8 Å². The molecular weight excluding hydrogens is 250 g/mol. The number of fused-ring (bicyclic) bond motifs is 1. The van der Waals surface area contributed by atoms with Gasteiger partial charge in [-0.05, 0) is 19.8 Å². The topological polar surface area (TPSA) is 78.3 Å². The fourth-order valence-electron chi connectivity index (χ4n) is 2.24. The molecule has 1 unspecified atom stereocenters. The fraction of sp³-hybridized carbons (Fsp3) is 0.727. The second-order valence-corrected chi connectivity index (χ2v) is 5.86. The van der Waals surface area contributed by atoms with E-state index in [2.05, 4.69) is 15.3 Å². The molecule has 1 atom stereocenters. The Morgan fingerprint density at radius 3 is 2.94 bits per heavy atom. The molecule has 0 aliphatic carbocycles. The van der Waals surface area contributed by atoms with E-state index in [1.54, 1.807) is 11.3 Å². The summed E-state index contributed by atoms with van der Waals surface area (Å²) in [6.45, 7) is 3.59. The summed E-state index contributed by atoms with van der Waals surface area (Å²) >= 11 is 1.58. The average Bonchev–Trinajstić information content (AvgIpc) is 2.88. The molecule has 7 heteroatoms. The monoisotopic (exact) mass is 267 g/mol. The first-order chi connectivity index (χ1) is 8.74. The molecular formula is C11H17N5OS. The van der Waals surface area contributed by atoms with Crippen LogP contribution in [0.25, 0.3) is 4.96 Å². The Kier molecular flexibility index (Phi) is 3.27. The lowest BCUT2D eigenvalue weighted by molar-refractivity contribution is 0.0831. The van der Waals surface area contributed by atoms with Gasteiger partial charge in [0.05, 0.1) is 0 Å². The summed E-state index contributed by atoms with van der Waals surface area (Å²) < 4.78 is 7.26. The van der Waals surface area contributed by atoms with Crippen LogP contribution in [-0.2, 0) is 11.2 Å². The highest BCUT2D eigenvalue weighted by Gasteiger charge is 2.23. The van der Waals surface area contributed by atoms with Gasteiger partial charge in [0.25, 0.3) is 0 Å². The Bertz CT molecular complexity index is 529. The van der Waals surface area contributed by atoms with Crippen molar-refractivity contribution in [2.45, 2.75) is 38.1 Å². The first-order valence-corrected chi connectivity index (χ1v) is 7.10. The highest BCUT2D eigenvalue weighted by atomic mass is 32.1. The Labute approximate surface area is 109 Å². The van der Waals surface area contributed by atoms with Crippen LogP contribution in [-0.4, -0.2) is 39.1 Å². The van der Waals surface area contributed by atoms with Gasteiger partial charge in [-0.15, -0.1) is 10.2 Å². The van der Waals surface area contributed by atoms with E-state index in [0.717, 1.165) is 48.3 Å². The first-order valence-electron chi connectivity index (χ1n) is 6.28. The Hall–Kier alpha value is -1.05. The maximum Gasteiger partial charge on any atom is 0.234 e. The summed E-state index contributed by atoms with van der Waals surface area (Å²) in [6.07, 6.45) is 2.79. The van der Waals surface area contributed by atoms with Gasteiger partial charge in [-0.25, -0.2) is 0 Å². The summed E-state index contributed by atoms with van der Waals surface area (Å²) in [5.74, 6) is 1.39. The molecule has 0 aromatic carbocycles. The van der Waals surface area contributed by atoms with Crippen LogP contribution in [0.15, 0.2) is 0 Å². The van der Waals surface area contributed by atoms with Crippen molar-refractivity contribution in [2.75, 3.05) is 13.2 Å². The van der Waals surface area contributed by atoms with Gasteiger partial charge in [0.2, 0.25) is 4.96 Å². The summed E-state index contributed by atoms with van der Waals surface area (Å²) in [5, 5.41) is 14.1. The Balaban J connectivity index is 1.89. The van der Waals surface area contributed by atoms with Crippen molar-refractivity contribution in [3.05, 3.63) is 10.8 Å².